The fraction of sp³-hybridized carbons (Fsp3) is 0.818. The molecule has 0 radical (unpaired) electrons. The zero-order chi connectivity index (χ0) is 15.4. The zero-order valence-corrected chi connectivity index (χ0v) is 13.8. The largest absolute Gasteiger partial charge is 0.469 e. The summed E-state index contributed by atoms with van der Waals surface area (Å²) in [4.78, 5) is 22.6. The Balaban J connectivity index is 3.96. The Bertz CT molecular complexity index is 286. The van der Waals surface area contributed by atoms with Crippen LogP contribution in [0.25, 0.3) is 0 Å². The highest BCUT2D eigenvalue weighted by Gasteiger charge is 2.22. The van der Waals surface area contributed by atoms with Gasteiger partial charge in [0.25, 0.3) is 0 Å². The van der Waals surface area contributed by atoms with E-state index in [1.54, 1.807) is 0 Å². The number of esters is 2. The van der Waals surface area contributed by atoms with E-state index in [0.717, 1.165) is 0 Å². The molecule has 0 aliphatic carbocycles. The van der Waals surface area contributed by atoms with E-state index in [0.29, 0.717) is 12.8 Å². The van der Waals surface area contributed by atoms with E-state index < -0.39 is 34.0 Å². The fourth-order valence-corrected chi connectivity index (χ4v) is 2.32. The van der Waals surface area contributed by atoms with Gasteiger partial charge in [0.05, 0.1) is 27.2 Å². The second-order valence-electron chi connectivity index (χ2n) is 3.79. The molecular weight excluding hydrogens is 286 g/mol. The monoisotopic (exact) mass is 309 g/mol. The van der Waals surface area contributed by atoms with Gasteiger partial charge < -0.3 is 28.7 Å². The summed E-state index contributed by atoms with van der Waals surface area (Å²) in [7, 11) is 4.69. The molecule has 0 aliphatic rings. The number of nitrogens with one attached hydrogen (secondary N) is 1. The third-order valence-corrected chi connectivity index (χ3v) is 3.52. The summed E-state index contributed by atoms with van der Waals surface area (Å²) in [6.07, 6.45) is 0.0433. The lowest BCUT2D eigenvalue weighted by molar-refractivity contribution is -0.149. The molecule has 0 aromatic rings. The lowest BCUT2D eigenvalue weighted by Gasteiger charge is -2.16. The van der Waals surface area contributed by atoms with Gasteiger partial charge in [-0.25, -0.2) is 0 Å². The van der Waals surface area contributed by atoms with Gasteiger partial charge in [-0.1, -0.05) is 0 Å². The molecule has 8 nitrogen and oxygen atoms in total. The first-order valence-corrected chi connectivity index (χ1v) is 7.68. The molecule has 0 aliphatic heterocycles. The Morgan fingerprint density at radius 3 is 2.25 bits per heavy atom. The maximum Gasteiger partial charge on any atom is 0.323 e. The van der Waals surface area contributed by atoms with Crippen LogP contribution in [0.3, 0.4) is 0 Å². The summed E-state index contributed by atoms with van der Waals surface area (Å²) in [6, 6.07) is -0.718. The van der Waals surface area contributed by atoms with Crippen molar-refractivity contribution in [2.45, 2.75) is 18.8 Å². The van der Waals surface area contributed by atoms with Crippen molar-refractivity contribution in [1.82, 2.24) is 5.32 Å². The molecule has 0 fully saturated rings. The summed E-state index contributed by atoms with van der Waals surface area (Å²) >= 11 is 0. The maximum atomic E-state index is 11.5. The third-order valence-electron chi connectivity index (χ3n) is 2.50. The fourth-order valence-electron chi connectivity index (χ4n) is 1.35. The number of rotatable bonds is 11. The first-order valence-electron chi connectivity index (χ1n) is 6.10. The van der Waals surface area contributed by atoms with Crippen molar-refractivity contribution < 1.29 is 33.0 Å². The van der Waals surface area contributed by atoms with Crippen LogP contribution in [0, 0.1) is 0 Å². The van der Waals surface area contributed by atoms with Gasteiger partial charge in [-0.15, -0.1) is 0 Å². The molecule has 0 aromatic carbocycles. The molecular formula is C11H23NO7Si. The normalized spacial score (nSPS) is 12.8. The Morgan fingerprint density at radius 1 is 1.10 bits per heavy atom. The van der Waals surface area contributed by atoms with Crippen molar-refractivity contribution in [2.75, 3.05) is 41.2 Å². The molecule has 0 saturated carbocycles. The van der Waals surface area contributed by atoms with Crippen LogP contribution >= 0.6 is 0 Å². The van der Waals surface area contributed by atoms with Crippen molar-refractivity contribution in [2.24, 2.45) is 0 Å². The van der Waals surface area contributed by atoms with Gasteiger partial charge in [0.15, 0.2) is 16.1 Å². The lowest BCUT2D eigenvalue weighted by Crippen LogP contribution is -2.42. The lowest BCUT2D eigenvalue weighted by atomic mass is 10.2. The van der Waals surface area contributed by atoms with Gasteiger partial charge in [0, 0.05) is 20.4 Å². The van der Waals surface area contributed by atoms with Crippen LogP contribution in [0.2, 0.25) is 0 Å². The van der Waals surface area contributed by atoms with Crippen molar-refractivity contribution >= 4 is 21.7 Å². The minimum absolute atomic E-state index is 0.0731. The van der Waals surface area contributed by atoms with E-state index in [9.17, 15) is 9.59 Å². The van der Waals surface area contributed by atoms with Crippen molar-refractivity contribution in [3.63, 3.8) is 0 Å². The third kappa shape index (κ3) is 8.22. The van der Waals surface area contributed by atoms with Gasteiger partial charge in [0.2, 0.25) is 0 Å². The van der Waals surface area contributed by atoms with Gasteiger partial charge in [0.1, 0.15) is 6.04 Å². The molecule has 1 N–H and O–H groups in total. The Morgan fingerprint density at radius 2 is 1.75 bits per heavy atom. The minimum Gasteiger partial charge on any atom is -0.469 e. The van der Waals surface area contributed by atoms with Crippen molar-refractivity contribution in [3.8, 4) is 0 Å². The smallest absolute Gasteiger partial charge is 0.323 e. The quantitative estimate of drug-likeness (QED) is 0.210. The van der Waals surface area contributed by atoms with Gasteiger partial charge in [-0.05, 0) is 0 Å². The number of methoxy groups -OCH3 is 4. The number of carbonyl (C=O) groups excluding carboxylic acids is 2. The Hall–Kier alpha value is -1.00. The average Bonchev–Trinajstić information content (AvgIpc) is 2.48. The molecule has 0 amide bonds. The first kappa shape index (κ1) is 19.0. The first-order chi connectivity index (χ1) is 9.58. The second kappa shape index (κ2) is 11.8. The highest BCUT2D eigenvalue weighted by Crippen LogP contribution is 1.97. The number of ether oxygens (including phenoxy) is 4. The average molecular weight is 309 g/mol. The van der Waals surface area contributed by atoms with E-state index in [-0.39, 0.29) is 6.42 Å². The van der Waals surface area contributed by atoms with Crippen LogP contribution in [0.4, 0.5) is 0 Å². The van der Waals surface area contributed by atoms with Gasteiger partial charge in [-0.3, -0.25) is 9.59 Å². The van der Waals surface area contributed by atoms with E-state index in [1.165, 1.54) is 28.4 Å². The van der Waals surface area contributed by atoms with Crippen LogP contribution in [-0.4, -0.2) is 75.2 Å². The van der Waals surface area contributed by atoms with Crippen LogP contribution in [-0.2, 0) is 33.0 Å². The second-order valence-corrected chi connectivity index (χ2v) is 5.10. The molecule has 0 bridgehead atoms. The van der Waals surface area contributed by atoms with Crippen LogP contribution in [0.1, 0.15) is 6.42 Å². The van der Waals surface area contributed by atoms with E-state index in [4.69, 9.17) is 13.9 Å². The van der Waals surface area contributed by atoms with Crippen LogP contribution in [0.15, 0.2) is 0 Å². The summed E-state index contributed by atoms with van der Waals surface area (Å²) in [5.74, 6) is -0.981. The maximum absolute atomic E-state index is 11.5. The molecule has 118 valence electrons. The molecule has 0 spiro atoms. The SMILES string of the molecule is COC(=O)CC(NC[SiH2]OCC(OC)OC)C(=O)OC. The highest BCUT2D eigenvalue weighted by atomic mass is 28.2. The summed E-state index contributed by atoms with van der Waals surface area (Å²) < 4.78 is 24.5. The van der Waals surface area contributed by atoms with Crippen molar-refractivity contribution in [3.05, 3.63) is 0 Å². The Kier molecular flexibility index (Phi) is 11.2. The molecule has 0 heterocycles. The summed E-state index contributed by atoms with van der Waals surface area (Å²) in [5, 5.41) is 2.93. The molecule has 0 aromatic heterocycles. The van der Waals surface area contributed by atoms with E-state index in [2.05, 4.69) is 14.8 Å². The van der Waals surface area contributed by atoms with Gasteiger partial charge >= 0.3 is 11.9 Å². The summed E-state index contributed by atoms with van der Waals surface area (Å²) in [6.45, 7) is 0.334. The molecule has 9 heteroatoms. The predicted molar refractivity (Wildman–Crippen MR) is 72.7 cm³/mol. The molecule has 20 heavy (non-hydrogen) atoms. The van der Waals surface area contributed by atoms with E-state index >= 15 is 0 Å². The van der Waals surface area contributed by atoms with E-state index in [1.807, 2.05) is 0 Å². The zero-order valence-electron chi connectivity index (χ0n) is 12.3. The molecule has 0 rings (SSSR count). The minimum atomic E-state index is -0.904. The Labute approximate surface area is 121 Å². The van der Waals surface area contributed by atoms with Gasteiger partial charge in [-0.2, -0.15) is 0 Å². The predicted octanol–water partition coefficient (Wildman–Crippen LogP) is -1.64. The molecule has 1 atom stereocenters. The molecule has 0 saturated heterocycles. The van der Waals surface area contributed by atoms with Crippen LogP contribution < -0.4 is 5.32 Å². The topological polar surface area (TPSA) is 92.3 Å². The summed E-state index contributed by atoms with van der Waals surface area (Å²) in [5.41, 5.74) is 0. The standard InChI is InChI=1S/C11H23NO7Si/c1-15-9(13)5-8(11(14)18-4)12-7-20-19-6-10(16-2)17-3/h8,10,12H,5-7,20H2,1-4H3. The molecule has 1 unspecified atom stereocenters. The highest BCUT2D eigenvalue weighted by molar-refractivity contribution is 6.27. The number of hydrogen-bond donors (Lipinski definition) is 1. The van der Waals surface area contributed by atoms with Crippen molar-refractivity contribution in [1.29, 1.82) is 0 Å². The number of hydrogen-bond acceptors (Lipinski definition) is 8. The number of carbonyl (C=O) groups is 2. The van der Waals surface area contributed by atoms with Crippen LogP contribution in [0.5, 0.6) is 0 Å².